The zero-order chi connectivity index (χ0) is 22.7. The van der Waals surface area contributed by atoms with E-state index in [2.05, 4.69) is 10.3 Å². The van der Waals surface area contributed by atoms with Gasteiger partial charge in [0.05, 0.1) is 23.4 Å². The van der Waals surface area contributed by atoms with E-state index in [1.165, 1.54) is 0 Å². The van der Waals surface area contributed by atoms with Crippen LogP contribution in [0.5, 0.6) is 0 Å². The second-order valence-corrected chi connectivity index (χ2v) is 8.31. The van der Waals surface area contributed by atoms with E-state index in [1.807, 2.05) is 43.3 Å². The highest BCUT2D eigenvalue weighted by Gasteiger charge is 2.25. The van der Waals surface area contributed by atoms with Gasteiger partial charge in [-0.3, -0.25) is 14.6 Å². The van der Waals surface area contributed by atoms with Crippen molar-refractivity contribution < 1.29 is 14.7 Å². The van der Waals surface area contributed by atoms with Gasteiger partial charge in [0, 0.05) is 22.9 Å². The van der Waals surface area contributed by atoms with Gasteiger partial charge in [-0.15, -0.1) is 0 Å². The van der Waals surface area contributed by atoms with E-state index >= 15 is 0 Å². The van der Waals surface area contributed by atoms with Gasteiger partial charge in [0.25, 0.3) is 11.8 Å². The Hall–Kier alpha value is -3.51. The van der Waals surface area contributed by atoms with Gasteiger partial charge in [0.2, 0.25) is 0 Å². The molecular weight excluding hydrogens is 402 g/mol. The van der Waals surface area contributed by atoms with Crippen LogP contribution in [0.4, 0.5) is 0 Å². The van der Waals surface area contributed by atoms with Crippen LogP contribution < -0.4 is 11.1 Å². The number of pyridine rings is 1. The number of benzene rings is 2. The van der Waals surface area contributed by atoms with Crippen molar-refractivity contribution in [1.82, 2.24) is 10.3 Å². The quantitative estimate of drug-likeness (QED) is 0.573. The summed E-state index contributed by atoms with van der Waals surface area (Å²) in [5, 5.41) is 13.1. The Kier molecular flexibility index (Phi) is 6.32. The van der Waals surface area contributed by atoms with Crippen LogP contribution in [0, 0.1) is 6.92 Å². The standard InChI is InChI=1S/C26H27N3O3/c1-16-11-12-18(26(32)29-22-9-5-6-10-23(22)30)13-20(16)24-21(25(27)31)14-19(15-28-24)17-7-3-2-4-8-17/h2-4,7-8,11-15,22-23,30H,5-6,9-10H2,1H3,(H2,27,31)(H,29,32)/t22-,23-/m0/s1. The van der Waals surface area contributed by atoms with Gasteiger partial charge in [0.1, 0.15) is 0 Å². The molecule has 6 nitrogen and oxygen atoms in total. The van der Waals surface area contributed by atoms with E-state index in [0.717, 1.165) is 36.0 Å². The lowest BCUT2D eigenvalue weighted by Crippen LogP contribution is -2.45. The molecule has 1 heterocycles. The number of nitrogens with one attached hydrogen (secondary N) is 1. The van der Waals surface area contributed by atoms with E-state index in [1.54, 1.807) is 24.4 Å². The molecule has 6 heteroatoms. The smallest absolute Gasteiger partial charge is 0.251 e. The molecule has 2 aromatic carbocycles. The van der Waals surface area contributed by atoms with Crippen LogP contribution in [-0.4, -0.2) is 34.1 Å². The molecule has 0 radical (unpaired) electrons. The van der Waals surface area contributed by atoms with Gasteiger partial charge in [-0.05, 0) is 49.1 Å². The van der Waals surface area contributed by atoms with E-state index < -0.39 is 12.0 Å². The van der Waals surface area contributed by atoms with Crippen LogP contribution in [-0.2, 0) is 0 Å². The Balaban J connectivity index is 1.68. The predicted octanol–water partition coefficient (Wildman–Crippen LogP) is 3.86. The lowest BCUT2D eigenvalue weighted by atomic mass is 9.92. The third-order valence-electron chi connectivity index (χ3n) is 6.06. The van der Waals surface area contributed by atoms with Crippen molar-refractivity contribution in [3.8, 4) is 22.4 Å². The summed E-state index contributed by atoms with van der Waals surface area (Å²) in [4.78, 5) is 29.7. The number of amides is 2. The van der Waals surface area contributed by atoms with Crippen molar-refractivity contribution in [1.29, 1.82) is 0 Å². The molecular formula is C26H27N3O3. The third kappa shape index (κ3) is 4.55. The fourth-order valence-electron chi connectivity index (χ4n) is 4.21. The summed E-state index contributed by atoms with van der Waals surface area (Å²) < 4.78 is 0. The molecule has 164 valence electrons. The number of rotatable bonds is 5. The zero-order valence-corrected chi connectivity index (χ0v) is 18.0. The third-order valence-corrected chi connectivity index (χ3v) is 6.06. The van der Waals surface area contributed by atoms with E-state index in [4.69, 9.17) is 5.73 Å². The molecule has 1 aliphatic carbocycles. The highest BCUT2D eigenvalue weighted by atomic mass is 16.3. The molecule has 0 unspecified atom stereocenters. The molecule has 0 saturated heterocycles. The van der Waals surface area contributed by atoms with Crippen molar-refractivity contribution in [2.45, 2.75) is 44.8 Å². The van der Waals surface area contributed by atoms with Gasteiger partial charge >= 0.3 is 0 Å². The summed E-state index contributed by atoms with van der Waals surface area (Å²) in [5.74, 6) is -0.830. The molecule has 4 N–H and O–H groups in total. The topological polar surface area (TPSA) is 105 Å². The minimum atomic E-state index is -0.579. The molecule has 1 fully saturated rings. The number of carbonyl (C=O) groups is 2. The summed E-state index contributed by atoms with van der Waals surface area (Å²) in [7, 11) is 0. The lowest BCUT2D eigenvalue weighted by molar-refractivity contribution is 0.0717. The molecule has 1 saturated carbocycles. The predicted molar refractivity (Wildman–Crippen MR) is 124 cm³/mol. The van der Waals surface area contributed by atoms with Crippen LogP contribution in [0.15, 0.2) is 60.8 Å². The number of nitrogens with two attached hydrogens (primary N) is 1. The van der Waals surface area contributed by atoms with Gasteiger partial charge in [0.15, 0.2) is 0 Å². The first kappa shape index (κ1) is 21.7. The maximum absolute atomic E-state index is 12.9. The number of aromatic nitrogens is 1. The Labute approximate surface area is 187 Å². The molecule has 0 spiro atoms. The molecule has 1 aromatic heterocycles. The van der Waals surface area contributed by atoms with Gasteiger partial charge < -0.3 is 16.2 Å². The number of aryl methyl sites for hydroxylation is 1. The van der Waals surface area contributed by atoms with Crippen LogP contribution in [0.1, 0.15) is 52.0 Å². The SMILES string of the molecule is Cc1ccc(C(=O)N[C@H]2CCCC[C@@H]2O)cc1-c1ncc(-c2ccccc2)cc1C(N)=O. The number of hydrogen-bond donors (Lipinski definition) is 3. The Morgan fingerprint density at radius 1 is 1.03 bits per heavy atom. The molecule has 0 aliphatic heterocycles. The summed E-state index contributed by atoms with van der Waals surface area (Å²) >= 11 is 0. The monoisotopic (exact) mass is 429 g/mol. The first-order chi connectivity index (χ1) is 15.4. The first-order valence-electron chi connectivity index (χ1n) is 10.9. The fraction of sp³-hybridized carbons (Fsp3) is 0.269. The lowest BCUT2D eigenvalue weighted by Gasteiger charge is -2.28. The van der Waals surface area contributed by atoms with Crippen molar-refractivity contribution in [3.05, 3.63) is 77.5 Å². The zero-order valence-electron chi connectivity index (χ0n) is 18.0. The Morgan fingerprint density at radius 2 is 1.78 bits per heavy atom. The molecule has 32 heavy (non-hydrogen) atoms. The maximum atomic E-state index is 12.9. The number of hydrogen-bond acceptors (Lipinski definition) is 4. The van der Waals surface area contributed by atoms with Crippen molar-refractivity contribution in [2.75, 3.05) is 0 Å². The number of primary amides is 1. The minimum Gasteiger partial charge on any atom is -0.391 e. The van der Waals surface area contributed by atoms with Crippen LogP contribution in [0.25, 0.3) is 22.4 Å². The maximum Gasteiger partial charge on any atom is 0.251 e. The average Bonchev–Trinajstić information content (AvgIpc) is 2.81. The molecule has 2 amide bonds. The summed E-state index contributed by atoms with van der Waals surface area (Å²) in [6.45, 7) is 1.90. The van der Waals surface area contributed by atoms with Gasteiger partial charge in [-0.2, -0.15) is 0 Å². The number of aliphatic hydroxyl groups excluding tert-OH is 1. The van der Waals surface area contributed by atoms with Gasteiger partial charge in [-0.25, -0.2) is 0 Å². The van der Waals surface area contributed by atoms with E-state index in [-0.39, 0.29) is 11.9 Å². The summed E-state index contributed by atoms with van der Waals surface area (Å²) in [5.41, 5.74) is 10.2. The van der Waals surface area contributed by atoms with Crippen LogP contribution >= 0.6 is 0 Å². The van der Waals surface area contributed by atoms with E-state index in [9.17, 15) is 14.7 Å². The Morgan fingerprint density at radius 3 is 2.50 bits per heavy atom. The number of nitrogens with zero attached hydrogens (tertiary/aromatic N) is 1. The van der Waals surface area contributed by atoms with Crippen molar-refractivity contribution in [2.24, 2.45) is 5.73 Å². The van der Waals surface area contributed by atoms with Crippen LogP contribution in [0.3, 0.4) is 0 Å². The van der Waals surface area contributed by atoms with Crippen LogP contribution in [0.2, 0.25) is 0 Å². The normalized spacial score (nSPS) is 18.2. The summed E-state index contributed by atoms with van der Waals surface area (Å²) in [6, 6.07) is 16.4. The van der Waals surface area contributed by atoms with E-state index in [0.29, 0.717) is 28.8 Å². The molecule has 3 aromatic rings. The molecule has 1 aliphatic rings. The first-order valence-corrected chi connectivity index (χ1v) is 10.9. The van der Waals surface area contributed by atoms with Crippen molar-refractivity contribution >= 4 is 11.8 Å². The second-order valence-electron chi connectivity index (χ2n) is 8.31. The second kappa shape index (κ2) is 9.32. The fourth-order valence-corrected chi connectivity index (χ4v) is 4.21. The van der Waals surface area contributed by atoms with Gasteiger partial charge in [-0.1, -0.05) is 49.2 Å². The average molecular weight is 430 g/mol. The minimum absolute atomic E-state index is 0.245. The molecule has 4 rings (SSSR count). The highest BCUT2D eigenvalue weighted by Crippen LogP contribution is 2.30. The molecule has 2 atom stereocenters. The Bertz CT molecular complexity index is 1140. The highest BCUT2D eigenvalue weighted by molar-refractivity contribution is 6.01. The number of aliphatic hydroxyl groups is 1. The molecule has 0 bridgehead atoms. The largest absolute Gasteiger partial charge is 0.391 e. The van der Waals surface area contributed by atoms with Crippen molar-refractivity contribution in [3.63, 3.8) is 0 Å². The summed E-state index contributed by atoms with van der Waals surface area (Å²) in [6.07, 6.45) is 4.61. The number of carbonyl (C=O) groups excluding carboxylic acids is 2.